The van der Waals surface area contributed by atoms with E-state index in [2.05, 4.69) is 10.2 Å². The van der Waals surface area contributed by atoms with Gasteiger partial charge in [0.2, 0.25) is 5.89 Å². The molecular weight excluding hydrogens is 460 g/mol. The molecule has 1 unspecified atom stereocenters. The highest BCUT2D eigenvalue weighted by Gasteiger charge is 2.38. The highest BCUT2D eigenvalue weighted by Crippen LogP contribution is 2.27. The third-order valence-corrected chi connectivity index (χ3v) is 5.74. The van der Waals surface area contributed by atoms with E-state index in [9.17, 15) is 24.5 Å². The van der Waals surface area contributed by atoms with Crippen LogP contribution in [0.5, 0.6) is 0 Å². The normalized spacial score (nSPS) is 17.0. The fraction of sp³-hybridized carbons (Fsp3) is 0.261. The minimum Gasteiger partial charge on any atom is -0.452 e. The van der Waals surface area contributed by atoms with E-state index in [1.165, 1.54) is 42.5 Å². The lowest BCUT2D eigenvalue weighted by atomic mass is 10.1. The third-order valence-electron chi connectivity index (χ3n) is 5.74. The topological polar surface area (TPSA) is 155 Å². The molecule has 5 rings (SSSR count). The van der Waals surface area contributed by atoms with E-state index in [0.29, 0.717) is 12.2 Å². The molecule has 1 atom stereocenters. The van der Waals surface area contributed by atoms with Crippen LogP contribution in [0.15, 0.2) is 46.9 Å². The first-order chi connectivity index (χ1) is 16.9. The summed E-state index contributed by atoms with van der Waals surface area (Å²) in [6.45, 7) is 0.466. The number of hydrogen-bond acceptors (Lipinski definition) is 10. The first kappa shape index (κ1) is 22.3. The van der Waals surface area contributed by atoms with Crippen molar-refractivity contribution in [3.63, 3.8) is 0 Å². The third kappa shape index (κ3) is 4.38. The van der Waals surface area contributed by atoms with Gasteiger partial charge in [0.25, 0.3) is 23.4 Å². The molecule has 2 aromatic carbocycles. The Morgan fingerprint density at radius 2 is 1.89 bits per heavy atom. The number of fused-ring (bicyclic) bond motifs is 1. The molecule has 3 aromatic rings. The maximum Gasteiger partial charge on any atom is 0.338 e. The number of benzene rings is 2. The summed E-state index contributed by atoms with van der Waals surface area (Å²) in [5.74, 6) is -1.49. The van der Waals surface area contributed by atoms with Gasteiger partial charge in [-0.25, -0.2) is 4.79 Å². The van der Waals surface area contributed by atoms with E-state index in [0.717, 1.165) is 17.7 Å². The number of nitro benzene ring substituents is 1. The Kier molecular flexibility index (Phi) is 5.79. The second kappa shape index (κ2) is 9.06. The van der Waals surface area contributed by atoms with Crippen molar-refractivity contribution >= 4 is 23.5 Å². The molecule has 3 heterocycles. The summed E-state index contributed by atoms with van der Waals surface area (Å²) in [7, 11) is 0. The number of carbonyl (C=O) groups is 3. The second-order valence-electron chi connectivity index (χ2n) is 8.00. The van der Waals surface area contributed by atoms with Gasteiger partial charge in [-0.3, -0.25) is 24.6 Å². The summed E-state index contributed by atoms with van der Waals surface area (Å²) >= 11 is 0. The summed E-state index contributed by atoms with van der Waals surface area (Å²) in [6.07, 6.45) is 1.50. The molecule has 1 saturated heterocycles. The van der Waals surface area contributed by atoms with Gasteiger partial charge < -0.3 is 13.9 Å². The van der Waals surface area contributed by atoms with Crippen molar-refractivity contribution in [2.75, 3.05) is 13.2 Å². The van der Waals surface area contributed by atoms with Crippen LogP contribution in [-0.2, 0) is 16.1 Å². The first-order valence-corrected chi connectivity index (χ1v) is 10.8. The summed E-state index contributed by atoms with van der Waals surface area (Å²) < 4.78 is 16.2. The van der Waals surface area contributed by atoms with E-state index >= 15 is 0 Å². The molecule has 0 bridgehead atoms. The summed E-state index contributed by atoms with van der Waals surface area (Å²) in [5, 5.41) is 18.4. The average molecular weight is 478 g/mol. The molecule has 178 valence electrons. The zero-order valence-electron chi connectivity index (χ0n) is 18.2. The Hall–Kier alpha value is -4.45. The Labute approximate surface area is 197 Å². The number of rotatable bonds is 7. The van der Waals surface area contributed by atoms with Gasteiger partial charge >= 0.3 is 5.97 Å². The van der Waals surface area contributed by atoms with E-state index in [4.69, 9.17) is 13.9 Å². The maximum atomic E-state index is 12.8. The molecule has 0 spiro atoms. The summed E-state index contributed by atoms with van der Waals surface area (Å²) in [5.41, 5.74) is 0.857. The number of ether oxygens (including phenoxy) is 2. The number of carbonyl (C=O) groups excluding carboxylic acids is 3. The van der Waals surface area contributed by atoms with Crippen LogP contribution in [0.3, 0.4) is 0 Å². The van der Waals surface area contributed by atoms with Gasteiger partial charge in [-0.05, 0) is 43.2 Å². The van der Waals surface area contributed by atoms with Crippen LogP contribution in [0.4, 0.5) is 5.69 Å². The molecule has 0 N–H and O–H groups in total. The van der Waals surface area contributed by atoms with Crippen molar-refractivity contribution in [1.82, 2.24) is 15.1 Å². The number of esters is 1. The number of nitro groups is 1. The standard InChI is InChI=1S/C23H18N4O8/c28-21-17-8-5-14(10-18(17)22(29)26(21)11-16-2-1-9-33-16)23(30)34-12-19-24-25-20(35-19)13-3-6-15(7-4-13)27(31)32/h3-8,10,16H,1-2,9,11-12H2. The van der Waals surface area contributed by atoms with Gasteiger partial charge in [-0.2, -0.15) is 0 Å². The molecule has 2 aliphatic heterocycles. The highest BCUT2D eigenvalue weighted by atomic mass is 16.6. The van der Waals surface area contributed by atoms with E-state index in [1.54, 1.807) is 0 Å². The molecule has 0 saturated carbocycles. The molecule has 2 aliphatic rings. The molecule has 12 nitrogen and oxygen atoms in total. The fourth-order valence-electron chi connectivity index (χ4n) is 3.94. The zero-order chi connectivity index (χ0) is 24.5. The molecule has 0 aliphatic carbocycles. The van der Waals surface area contributed by atoms with Gasteiger partial charge in [0.05, 0.1) is 34.3 Å². The maximum absolute atomic E-state index is 12.8. The number of imide groups is 1. The number of nitrogens with zero attached hydrogens (tertiary/aromatic N) is 4. The second-order valence-corrected chi connectivity index (χ2v) is 8.00. The van der Waals surface area contributed by atoms with Crippen molar-refractivity contribution in [2.45, 2.75) is 25.6 Å². The zero-order valence-corrected chi connectivity index (χ0v) is 18.2. The van der Waals surface area contributed by atoms with Crippen LogP contribution < -0.4 is 0 Å². The van der Waals surface area contributed by atoms with Gasteiger partial charge in [0.15, 0.2) is 6.61 Å². The number of amides is 2. The van der Waals surface area contributed by atoms with Crippen molar-refractivity contribution in [1.29, 1.82) is 0 Å². The van der Waals surface area contributed by atoms with Crippen molar-refractivity contribution in [3.8, 4) is 11.5 Å². The number of non-ortho nitro benzene ring substituents is 1. The predicted octanol–water partition coefficient (Wildman–Crippen LogP) is 2.78. The first-order valence-electron chi connectivity index (χ1n) is 10.8. The summed E-state index contributed by atoms with van der Waals surface area (Å²) in [6, 6.07) is 9.73. The lowest BCUT2D eigenvalue weighted by molar-refractivity contribution is -0.384. The van der Waals surface area contributed by atoms with Crippen molar-refractivity contribution in [3.05, 3.63) is 75.2 Å². The van der Waals surface area contributed by atoms with Crippen molar-refractivity contribution in [2.24, 2.45) is 0 Å². The SMILES string of the molecule is O=C(OCc1nnc(-c2ccc([N+](=O)[O-])cc2)o1)c1ccc2c(c1)C(=O)N(CC1CCCO1)C2=O. The highest BCUT2D eigenvalue weighted by molar-refractivity contribution is 6.22. The number of hydrogen-bond donors (Lipinski definition) is 0. The van der Waals surface area contributed by atoms with Gasteiger partial charge in [-0.15, -0.1) is 10.2 Å². The molecule has 0 radical (unpaired) electrons. The van der Waals surface area contributed by atoms with Crippen molar-refractivity contribution < 1.29 is 33.2 Å². The Balaban J connectivity index is 1.23. The van der Waals surface area contributed by atoms with Crippen LogP contribution in [0.25, 0.3) is 11.5 Å². The number of aromatic nitrogens is 2. The molecule has 2 amide bonds. The Bertz CT molecular complexity index is 1330. The molecule has 1 aromatic heterocycles. The van der Waals surface area contributed by atoms with Crippen LogP contribution in [0, 0.1) is 10.1 Å². The van der Waals surface area contributed by atoms with Gasteiger partial charge in [0.1, 0.15) is 0 Å². The minimum absolute atomic E-state index is 0.0156. The van der Waals surface area contributed by atoms with Crippen LogP contribution in [0.2, 0.25) is 0 Å². The van der Waals surface area contributed by atoms with E-state index in [-0.39, 0.29) is 53.4 Å². The molecule has 1 fully saturated rings. The largest absolute Gasteiger partial charge is 0.452 e. The minimum atomic E-state index is -0.735. The average Bonchev–Trinajstić information content (AvgIpc) is 3.61. The monoisotopic (exact) mass is 478 g/mol. The molecule has 12 heteroatoms. The van der Waals surface area contributed by atoms with Gasteiger partial charge in [-0.1, -0.05) is 0 Å². The van der Waals surface area contributed by atoms with Crippen LogP contribution in [-0.4, -0.2) is 57.1 Å². The lowest BCUT2D eigenvalue weighted by Gasteiger charge is -2.17. The lowest BCUT2D eigenvalue weighted by Crippen LogP contribution is -2.36. The van der Waals surface area contributed by atoms with E-state index in [1.807, 2.05) is 0 Å². The predicted molar refractivity (Wildman–Crippen MR) is 116 cm³/mol. The molecular formula is C23H18N4O8. The van der Waals surface area contributed by atoms with Gasteiger partial charge in [0, 0.05) is 24.3 Å². The smallest absolute Gasteiger partial charge is 0.338 e. The van der Waals surface area contributed by atoms with Crippen LogP contribution in [0.1, 0.15) is 49.8 Å². The molecule has 35 heavy (non-hydrogen) atoms. The Morgan fingerprint density at radius 3 is 2.60 bits per heavy atom. The van der Waals surface area contributed by atoms with Crippen LogP contribution >= 0.6 is 0 Å². The quantitative estimate of drug-likeness (QED) is 0.214. The Morgan fingerprint density at radius 1 is 1.11 bits per heavy atom. The van der Waals surface area contributed by atoms with E-state index < -0.39 is 22.7 Å². The fourth-order valence-corrected chi connectivity index (χ4v) is 3.94. The summed E-state index contributed by atoms with van der Waals surface area (Å²) in [4.78, 5) is 49.3.